The Kier molecular flexibility index (Phi) is 5.33. The molecule has 0 spiro atoms. The molecule has 1 aliphatic heterocycles. The Balaban J connectivity index is 2.56. The lowest BCUT2D eigenvalue weighted by Crippen LogP contribution is -2.44. The number of alkyl halides is 3. The molecule has 0 aromatic rings. The van der Waals surface area contributed by atoms with Crippen molar-refractivity contribution in [3.8, 4) is 0 Å². The van der Waals surface area contributed by atoms with E-state index in [2.05, 4.69) is 12.2 Å². The lowest BCUT2D eigenvalue weighted by atomic mass is 10.1. The van der Waals surface area contributed by atoms with E-state index in [4.69, 9.17) is 5.73 Å². The van der Waals surface area contributed by atoms with E-state index in [9.17, 15) is 13.2 Å². The Morgan fingerprint density at radius 3 is 2.62 bits per heavy atom. The molecule has 1 aliphatic rings. The molecule has 94 valence electrons. The van der Waals surface area contributed by atoms with Crippen LogP contribution in [0.15, 0.2) is 0 Å². The summed E-state index contributed by atoms with van der Waals surface area (Å²) in [6, 6.07) is 0. The highest BCUT2D eigenvalue weighted by Crippen LogP contribution is 2.27. The molecule has 7 heteroatoms. The molecule has 0 amide bonds. The van der Waals surface area contributed by atoms with Crippen molar-refractivity contribution in [3.63, 3.8) is 0 Å². The first-order valence-corrected chi connectivity index (χ1v) is 6.63. The lowest BCUT2D eigenvalue weighted by Gasteiger charge is -2.26. The van der Waals surface area contributed by atoms with Crippen molar-refractivity contribution in [1.29, 1.82) is 0 Å². The summed E-state index contributed by atoms with van der Waals surface area (Å²) in [5, 5.41) is 0. The second-order valence-electron chi connectivity index (χ2n) is 3.76. The molecular weight excluding hydrogens is 257 g/mol. The Hall–Kier alpha value is -0.0100. The number of nitrogens with two attached hydrogens (primary N) is 1. The second-order valence-corrected chi connectivity index (χ2v) is 5.46. The Morgan fingerprint density at radius 1 is 1.38 bits per heavy atom. The number of thiocarbonyl (C=S) groups is 1. The zero-order chi connectivity index (χ0) is 12.2. The van der Waals surface area contributed by atoms with Crippen LogP contribution < -0.4 is 5.73 Å². The van der Waals surface area contributed by atoms with Gasteiger partial charge in [-0.05, 0) is 18.7 Å². The minimum absolute atomic E-state index is 0.0978. The van der Waals surface area contributed by atoms with Crippen LogP contribution in [0.25, 0.3) is 0 Å². The molecule has 1 rings (SSSR count). The van der Waals surface area contributed by atoms with Crippen LogP contribution in [0.4, 0.5) is 13.2 Å². The summed E-state index contributed by atoms with van der Waals surface area (Å²) in [5.74, 6) is 0.216. The molecule has 0 aromatic heterocycles. The zero-order valence-corrected chi connectivity index (χ0v) is 10.4. The Morgan fingerprint density at radius 2 is 2.06 bits per heavy atom. The van der Waals surface area contributed by atoms with Gasteiger partial charge in [-0.2, -0.15) is 24.9 Å². The van der Waals surface area contributed by atoms with E-state index in [1.54, 1.807) is 16.7 Å². The molecule has 1 heterocycles. The molecular formula is C9H15F3N2S2. The van der Waals surface area contributed by atoms with Crippen molar-refractivity contribution < 1.29 is 13.2 Å². The maximum absolute atomic E-state index is 12.6. The van der Waals surface area contributed by atoms with E-state index in [-0.39, 0.29) is 6.54 Å². The largest absolute Gasteiger partial charge is 0.399 e. The van der Waals surface area contributed by atoms with Crippen LogP contribution in [0.2, 0.25) is 0 Å². The molecule has 1 saturated heterocycles. The van der Waals surface area contributed by atoms with Gasteiger partial charge < -0.3 is 10.6 Å². The molecule has 0 bridgehead atoms. The zero-order valence-electron chi connectivity index (χ0n) is 8.79. The van der Waals surface area contributed by atoms with E-state index in [1.807, 2.05) is 0 Å². The molecule has 0 aliphatic carbocycles. The molecule has 0 saturated carbocycles. The van der Waals surface area contributed by atoms with E-state index in [0.717, 1.165) is 17.9 Å². The Bertz CT molecular complexity index is 237. The van der Waals surface area contributed by atoms with Gasteiger partial charge in [-0.15, -0.1) is 0 Å². The van der Waals surface area contributed by atoms with Crippen LogP contribution in [0.5, 0.6) is 0 Å². The number of hydrogen-bond donors (Lipinski definition) is 1. The van der Waals surface area contributed by atoms with Gasteiger partial charge in [0.1, 0.15) is 5.92 Å². The van der Waals surface area contributed by atoms with Crippen molar-refractivity contribution in [1.82, 2.24) is 4.90 Å². The van der Waals surface area contributed by atoms with Gasteiger partial charge in [0.2, 0.25) is 0 Å². The number of nitrogens with zero attached hydrogens (tertiary/aromatic N) is 1. The highest BCUT2D eigenvalue weighted by atomic mass is 32.2. The van der Waals surface area contributed by atoms with Crippen molar-refractivity contribution in [2.75, 3.05) is 31.1 Å². The van der Waals surface area contributed by atoms with Crippen LogP contribution in [0.1, 0.15) is 6.42 Å². The van der Waals surface area contributed by atoms with E-state index in [0.29, 0.717) is 13.1 Å². The second kappa shape index (κ2) is 6.07. The summed E-state index contributed by atoms with van der Waals surface area (Å²) >= 11 is 6.27. The molecule has 0 aromatic carbocycles. The topological polar surface area (TPSA) is 29.3 Å². The summed E-state index contributed by atoms with van der Waals surface area (Å²) in [5.41, 5.74) is 5.16. The van der Waals surface area contributed by atoms with Gasteiger partial charge in [-0.1, -0.05) is 12.2 Å². The van der Waals surface area contributed by atoms with Gasteiger partial charge in [0.25, 0.3) is 0 Å². The van der Waals surface area contributed by atoms with Gasteiger partial charge in [-0.3, -0.25) is 0 Å². The van der Waals surface area contributed by atoms with Crippen molar-refractivity contribution in [2.45, 2.75) is 12.6 Å². The van der Waals surface area contributed by atoms with Crippen molar-refractivity contribution in [3.05, 3.63) is 0 Å². The van der Waals surface area contributed by atoms with Gasteiger partial charge in [0.15, 0.2) is 0 Å². The van der Waals surface area contributed by atoms with E-state index in [1.165, 1.54) is 0 Å². The first-order chi connectivity index (χ1) is 7.41. The minimum Gasteiger partial charge on any atom is -0.393 e. The fraction of sp³-hybridized carbons (Fsp3) is 0.889. The maximum atomic E-state index is 12.6. The molecule has 1 atom stereocenters. The fourth-order valence-corrected chi connectivity index (χ4v) is 2.73. The highest BCUT2D eigenvalue weighted by Gasteiger charge is 2.42. The van der Waals surface area contributed by atoms with Gasteiger partial charge >= 0.3 is 6.18 Å². The third kappa shape index (κ3) is 4.47. The van der Waals surface area contributed by atoms with Crippen LogP contribution >= 0.6 is 24.0 Å². The molecule has 1 unspecified atom stereocenters. The van der Waals surface area contributed by atoms with E-state index < -0.39 is 17.1 Å². The summed E-state index contributed by atoms with van der Waals surface area (Å²) < 4.78 is 37.9. The summed E-state index contributed by atoms with van der Waals surface area (Å²) in [6.07, 6.45) is -3.40. The smallest absolute Gasteiger partial charge is 0.393 e. The average molecular weight is 272 g/mol. The quantitative estimate of drug-likeness (QED) is 0.795. The van der Waals surface area contributed by atoms with Crippen LogP contribution in [-0.2, 0) is 0 Å². The third-order valence-electron chi connectivity index (χ3n) is 2.49. The first-order valence-electron chi connectivity index (χ1n) is 5.07. The molecule has 1 fully saturated rings. The standard InChI is InChI=1S/C9H15F3N2S2/c10-9(11,12)7(8(13)15)6-14-2-1-4-16-5-3-14/h7H,1-6H2,(H2,13,15). The molecule has 16 heavy (non-hydrogen) atoms. The van der Waals surface area contributed by atoms with Crippen molar-refractivity contribution >= 4 is 29.0 Å². The normalized spacial score (nSPS) is 21.4. The number of thioether (sulfide) groups is 1. The van der Waals surface area contributed by atoms with Gasteiger partial charge in [0, 0.05) is 18.8 Å². The Labute approximate surface area is 103 Å². The summed E-state index contributed by atoms with van der Waals surface area (Å²) in [7, 11) is 0. The fourth-order valence-electron chi connectivity index (χ4n) is 1.59. The number of hydrogen-bond acceptors (Lipinski definition) is 3. The number of rotatable bonds is 3. The van der Waals surface area contributed by atoms with Gasteiger partial charge in [-0.25, -0.2) is 0 Å². The van der Waals surface area contributed by atoms with E-state index >= 15 is 0 Å². The lowest BCUT2D eigenvalue weighted by molar-refractivity contribution is -0.159. The molecule has 2 N–H and O–H groups in total. The average Bonchev–Trinajstić information content (AvgIpc) is 2.39. The summed E-state index contributed by atoms with van der Waals surface area (Å²) in [4.78, 5) is 1.35. The maximum Gasteiger partial charge on any atom is 0.399 e. The monoisotopic (exact) mass is 272 g/mol. The predicted octanol–water partition coefficient (Wildman–Crippen LogP) is 1.89. The number of halogens is 3. The molecule has 0 radical (unpaired) electrons. The summed E-state index contributed by atoms with van der Waals surface area (Å²) in [6.45, 7) is 1.28. The van der Waals surface area contributed by atoms with Crippen LogP contribution in [0.3, 0.4) is 0 Å². The highest BCUT2D eigenvalue weighted by molar-refractivity contribution is 7.99. The van der Waals surface area contributed by atoms with Gasteiger partial charge in [0.05, 0.1) is 4.99 Å². The van der Waals surface area contributed by atoms with Crippen LogP contribution in [-0.4, -0.2) is 47.2 Å². The molecule has 2 nitrogen and oxygen atoms in total. The minimum atomic E-state index is -4.33. The van der Waals surface area contributed by atoms with Crippen LogP contribution in [0, 0.1) is 5.92 Å². The third-order valence-corrected chi connectivity index (χ3v) is 3.83. The predicted molar refractivity (Wildman–Crippen MR) is 64.7 cm³/mol. The van der Waals surface area contributed by atoms with Crippen molar-refractivity contribution in [2.24, 2.45) is 11.7 Å². The first kappa shape index (κ1) is 14.1. The SMILES string of the molecule is NC(=S)C(CN1CCCSCC1)C(F)(F)F.